The summed E-state index contributed by atoms with van der Waals surface area (Å²) in [6.45, 7) is 2.11. The van der Waals surface area contributed by atoms with Crippen molar-refractivity contribution in [3.63, 3.8) is 0 Å². The lowest BCUT2D eigenvalue weighted by atomic mass is 10.1. The first-order valence-electron chi connectivity index (χ1n) is 5.49. The zero-order valence-electron chi connectivity index (χ0n) is 9.49. The summed E-state index contributed by atoms with van der Waals surface area (Å²) in [4.78, 5) is 0.278. The van der Waals surface area contributed by atoms with Crippen LogP contribution in [-0.4, -0.2) is 13.5 Å². The van der Waals surface area contributed by atoms with E-state index >= 15 is 0 Å². The highest BCUT2D eigenvalue weighted by Crippen LogP contribution is 2.26. The lowest BCUT2D eigenvalue weighted by Gasteiger charge is -2.21. The molecule has 0 bridgehead atoms. The van der Waals surface area contributed by atoms with E-state index in [9.17, 15) is 8.42 Å². The second kappa shape index (κ2) is 4.62. The molecule has 1 aliphatic heterocycles. The van der Waals surface area contributed by atoms with Gasteiger partial charge in [-0.25, -0.2) is 8.42 Å². The summed E-state index contributed by atoms with van der Waals surface area (Å²) < 4.78 is 26.0. The molecule has 4 nitrogen and oxygen atoms in total. The Labute approximate surface area is 106 Å². The Balaban J connectivity index is 2.41. The third kappa shape index (κ3) is 2.58. The SMILES string of the molecule is CCCCc1ccc2c(c1)S(=O)(=O)NC(=S)N2. The van der Waals surface area contributed by atoms with Crippen LogP contribution in [0.1, 0.15) is 25.3 Å². The quantitative estimate of drug-likeness (QED) is 0.825. The molecular formula is C11H14N2O2S2. The Bertz CT molecular complexity index is 553. The number of hydrogen-bond acceptors (Lipinski definition) is 3. The van der Waals surface area contributed by atoms with Crippen molar-refractivity contribution < 1.29 is 8.42 Å². The zero-order chi connectivity index (χ0) is 12.5. The summed E-state index contributed by atoms with van der Waals surface area (Å²) >= 11 is 4.83. The fraction of sp³-hybridized carbons (Fsp3) is 0.364. The van der Waals surface area contributed by atoms with Crippen molar-refractivity contribution in [3.05, 3.63) is 23.8 Å². The summed E-state index contributed by atoms with van der Waals surface area (Å²) in [5, 5.41) is 2.96. The van der Waals surface area contributed by atoms with Crippen LogP contribution < -0.4 is 10.0 Å². The van der Waals surface area contributed by atoms with E-state index in [4.69, 9.17) is 12.2 Å². The van der Waals surface area contributed by atoms with Gasteiger partial charge in [-0.1, -0.05) is 19.4 Å². The van der Waals surface area contributed by atoms with E-state index in [1.807, 2.05) is 6.07 Å². The molecule has 0 unspecified atom stereocenters. The third-order valence-electron chi connectivity index (χ3n) is 2.63. The molecule has 92 valence electrons. The molecule has 0 saturated heterocycles. The van der Waals surface area contributed by atoms with Gasteiger partial charge in [0.1, 0.15) is 4.90 Å². The van der Waals surface area contributed by atoms with Crippen LogP contribution in [-0.2, 0) is 16.4 Å². The van der Waals surface area contributed by atoms with E-state index < -0.39 is 10.0 Å². The van der Waals surface area contributed by atoms with Crippen molar-refractivity contribution in [2.75, 3.05) is 5.32 Å². The predicted octanol–water partition coefficient (Wildman–Crippen LogP) is 2.02. The van der Waals surface area contributed by atoms with Crippen LogP contribution >= 0.6 is 12.2 Å². The summed E-state index contributed by atoms with van der Waals surface area (Å²) in [6.07, 6.45) is 3.03. The number of anilines is 1. The largest absolute Gasteiger partial charge is 0.331 e. The standard InChI is InChI=1S/C11H14N2O2S2/c1-2-3-4-8-5-6-9-10(7-8)17(14,15)13-11(16)12-9/h5-7H,2-4H2,1H3,(H2,12,13,16). The molecule has 1 aliphatic rings. The Morgan fingerprint density at radius 1 is 1.35 bits per heavy atom. The topological polar surface area (TPSA) is 58.2 Å². The lowest BCUT2D eigenvalue weighted by molar-refractivity contribution is 0.592. The first-order valence-corrected chi connectivity index (χ1v) is 7.39. The van der Waals surface area contributed by atoms with Crippen LogP contribution in [0, 0.1) is 0 Å². The molecular weight excluding hydrogens is 256 g/mol. The third-order valence-corrected chi connectivity index (χ3v) is 4.35. The summed E-state index contributed by atoms with van der Waals surface area (Å²) in [5.41, 5.74) is 1.58. The van der Waals surface area contributed by atoms with Gasteiger partial charge in [-0.2, -0.15) is 0 Å². The first-order chi connectivity index (χ1) is 8.03. The molecule has 17 heavy (non-hydrogen) atoms. The van der Waals surface area contributed by atoms with Gasteiger partial charge >= 0.3 is 0 Å². The fourth-order valence-electron chi connectivity index (χ4n) is 1.75. The maximum absolute atomic E-state index is 11.9. The van der Waals surface area contributed by atoms with Crippen LogP contribution in [0.25, 0.3) is 0 Å². The molecule has 6 heteroatoms. The number of hydrogen-bond donors (Lipinski definition) is 2. The molecule has 0 aromatic heterocycles. The summed E-state index contributed by atoms with van der Waals surface area (Å²) in [5.74, 6) is 0. The van der Waals surface area contributed by atoms with E-state index in [-0.39, 0.29) is 10.0 Å². The molecule has 0 saturated carbocycles. The van der Waals surface area contributed by atoms with Gasteiger partial charge in [-0.05, 0) is 42.8 Å². The number of fused-ring (bicyclic) bond motifs is 1. The van der Waals surface area contributed by atoms with Crippen LogP contribution in [0.15, 0.2) is 23.1 Å². The molecule has 2 N–H and O–H groups in total. The van der Waals surface area contributed by atoms with E-state index in [2.05, 4.69) is 17.0 Å². The molecule has 0 amide bonds. The predicted molar refractivity (Wildman–Crippen MR) is 71.6 cm³/mol. The van der Waals surface area contributed by atoms with Crippen LogP contribution in [0.5, 0.6) is 0 Å². The highest BCUT2D eigenvalue weighted by Gasteiger charge is 2.25. The van der Waals surface area contributed by atoms with E-state index in [0.717, 1.165) is 24.8 Å². The minimum atomic E-state index is -3.49. The smallest absolute Gasteiger partial charge is 0.265 e. The van der Waals surface area contributed by atoms with Gasteiger partial charge in [0.2, 0.25) is 0 Å². The molecule has 1 aromatic carbocycles. The molecule has 0 aliphatic carbocycles. The molecule has 1 aromatic rings. The van der Waals surface area contributed by atoms with Gasteiger partial charge < -0.3 is 5.32 Å². The van der Waals surface area contributed by atoms with Crippen molar-refractivity contribution in [2.24, 2.45) is 0 Å². The summed E-state index contributed by atoms with van der Waals surface area (Å²) in [7, 11) is -3.49. The van der Waals surface area contributed by atoms with Crippen LogP contribution in [0.4, 0.5) is 5.69 Å². The average molecular weight is 270 g/mol. The molecule has 0 spiro atoms. The van der Waals surface area contributed by atoms with Crippen molar-refractivity contribution in [2.45, 2.75) is 31.1 Å². The Morgan fingerprint density at radius 3 is 2.82 bits per heavy atom. The van der Waals surface area contributed by atoms with Crippen molar-refractivity contribution in [1.29, 1.82) is 0 Å². The maximum Gasteiger partial charge on any atom is 0.265 e. The number of aryl methyl sites for hydroxylation is 1. The zero-order valence-corrected chi connectivity index (χ0v) is 11.1. The van der Waals surface area contributed by atoms with E-state index in [1.54, 1.807) is 12.1 Å². The fourth-order valence-corrected chi connectivity index (χ4v) is 3.31. The molecule has 0 radical (unpaired) electrons. The second-order valence-electron chi connectivity index (χ2n) is 3.99. The number of unbranched alkanes of at least 4 members (excludes halogenated alkanes) is 1. The first kappa shape index (κ1) is 12.3. The molecule has 2 rings (SSSR count). The van der Waals surface area contributed by atoms with Crippen molar-refractivity contribution in [1.82, 2.24) is 4.72 Å². The van der Waals surface area contributed by atoms with E-state index in [0.29, 0.717) is 5.69 Å². The number of rotatable bonds is 3. The molecule has 0 fully saturated rings. The Kier molecular flexibility index (Phi) is 3.35. The molecule has 0 atom stereocenters. The minimum Gasteiger partial charge on any atom is -0.331 e. The van der Waals surface area contributed by atoms with Crippen LogP contribution in [0.2, 0.25) is 0 Å². The van der Waals surface area contributed by atoms with Gasteiger partial charge in [0, 0.05) is 0 Å². The minimum absolute atomic E-state index is 0.124. The number of thiocarbonyl (C=S) groups is 1. The Morgan fingerprint density at radius 2 is 2.12 bits per heavy atom. The average Bonchev–Trinajstić information content (AvgIpc) is 2.25. The maximum atomic E-state index is 11.9. The number of nitrogens with one attached hydrogen (secondary N) is 2. The highest BCUT2D eigenvalue weighted by molar-refractivity contribution is 7.92. The van der Waals surface area contributed by atoms with E-state index in [1.165, 1.54) is 0 Å². The van der Waals surface area contributed by atoms with Gasteiger partial charge in [0.25, 0.3) is 10.0 Å². The van der Waals surface area contributed by atoms with Gasteiger partial charge in [0.15, 0.2) is 5.11 Å². The van der Waals surface area contributed by atoms with Crippen molar-refractivity contribution in [3.8, 4) is 0 Å². The highest BCUT2D eigenvalue weighted by atomic mass is 32.2. The van der Waals surface area contributed by atoms with Gasteiger partial charge in [0.05, 0.1) is 5.69 Å². The second-order valence-corrected chi connectivity index (χ2v) is 6.05. The van der Waals surface area contributed by atoms with Gasteiger partial charge in [-0.15, -0.1) is 0 Å². The monoisotopic (exact) mass is 270 g/mol. The number of sulfonamides is 1. The van der Waals surface area contributed by atoms with Gasteiger partial charge in [-0.3, -0.25) is 4.72 Å². The normalized spacial score (nSPS) is 16.9. The molecule has 1 heterocycles. The number of benzene rings is 1. The lowest BCUT2D eigenvalue weighted by Crippen LogP contribution is -2.39. The van der Waals surface area contributed by atoms with Crippen molar-refractivity contribution >= 4 is 33.0 Å². The van der Waals surface area contributed by atoms with Crippen LogP contribution in [0.3, 0.4) is 0 Å². The Hall–Kier alpha value is -1.14. The summed E-state index contributed by atoms with van der Waals surface area (Å²) in [6, 6.07) is 5.41.